The van der Waals surface area contributed by atoms with Crippen LogP contribution in [0, 0.1) is 19.8 Å². The van der Waals surface area contributed by atoms with Crippen LogP contribution < -0.4 is 10.6 Å². The Balaban J connectivity index is 1.68. The van der Waals surface area contributed by atoms with E-state index in [4.69, 9.17) is 11.6 Å². The Morgan fingerprint density at radius 3 is 2.55 bits per heavy atom. The Hall–Kier alpha value is -2.84. The van der Waals surface area contributed by atoms with Crippen molar-refractivity contribution in [3.05, 3.63) is 70.0 Å². The van der Waals surface area contributed by atoms with Crippen LogP contribution in [-0.4, -0.2) is 32.3 Å². The lowest BCUT2D eigenvalue weighted by Crippen LogP contribution is -2.33. The van der Waals surface area contributed by atoms with Crippen molar-refractivity contribution in [3.8, 4) is 0 Å². The number of hydrogen-bond acceptors (Lipinski definition) is 5. The summed E-state index contributed by atoms with van der Waals surface area (Å²) in [5, 5.41) is 15.7. The molecule has 0 bridgehead atoms. The predicted molar refractivity (Wildman–Crippen MR) is 133 cm³/mol. The van der Waals surface area contributed by atoms with Crippen molar-refractivity contribution in [2.45, 2.75) is 38.9 Å². The summed E-state index contributed by atoms with van der Waals surface area (Å²) in [6.07, 6.45) is 0. The summed E-state index contributed by atoms with van der Waals surface area (Å²) >= 11 is 7.41. The normalized spacial score (nSPS) is 12.0. The molecule has 174 valence electrons. The van der Waals surface area contributed by atoms with Crippen molar-refractivity contribution in [3.63, 3.8) is 0 Å². The predicted octanol–water partition coefficient (Wildman–Crippen LogP) is 4.94. The Labute approximate surface area is 203 Å². The van der Waals surface area contributed by atoms with Crippen LogP contribution in [0.4, 0.5) is 5.69 Å². The van der Waals surface area contributed by atoms with Gasteiger partial charge in [0.25, 0.3) is 5.91 Å². The minimum Gasteiger partial charge on any atom is -0.342 e. The molecule has 3 aromatic rings. The highest BCUT2D eigenvalue weighted by Gasteiger charge is 2.25. The Kier molecular flexibility index (Phi) is 8.15. The van der Waals surface area contributed by atoms with Crippen molar-refractivity contribution >= 4 is 40.9 Å². The molecule has 1 aromatic heterocycles. The largest absolute Gasteiger partial charge is 0.342 e. The third-order valence-electron chi connectivity index (χ3n) is 5.25. The topological polar surface area (TPSA) is 88.9 Å². The third kappa shape index (κ3) is 6.15. The number of nitrogens with one attached hydrogen (secondary N) is 2. The second kappa shape index (κ2) is 10.9. The molecule has 9 heteroatoms. The average Bonchev–Trinajstić information content (AvgIpc) is 3.13. The highest BCUT2D eigenvalue weighted by Crippen LogP contribution is 2.26. The van der Waals surface area contributed by atoms with Gasteiger partial charge in [-0.15, -0.1) is 10.2 Å². The highest BCUT2D eigenvalue weighted by molar-refractivity contribution is 7.99. The zero-order valence-electron chi connectivity index (χ0n) is 19.3. The standard InChI is InChI=1S/C24H28ClN5O2S/c1-14(2)21(27-23(32)17-9-6-8-15(3)12-17)22-28-29-24(30(22)5)33-13-20(31)26-19-11-7-10-18(25)16(19)4/h6-12,14,21H,13H2,1-5H3,(H,26,31)(H,27,32)/t21-/m1/s1. The second-order valence-corrected chi connectivity index (χ2v) is 9.56. The summed E-state index contributed by atoms with van der Waals surface area (Å²) in [7, 11) is 1.84. The maximum atomic E-state index is 12.8. The number of thioether (sulfide) groups is 1. The SMILES string of the molecule is Cc1cccc(C(=O)N[C@@H](c2nnc(SCC(=O)Nc3cccc(Cl)c3C)n2C)C(C)C)c1. The molecule has 0 unspecified atom stereocenters. The van der Waals surface area contributed by atoms with Gasteiger partial charge in [-0.3, -0.25) is 9.59 Å². The van der Waals surface area contributed by atoms with Gasteiger partial charge in [0, 0.05) is 23.3 Å². The van der Waals surface area contributed by atoms with Crippen molar-refractivity contribution in [2.24, 2.45) is 13.0 Å². The molecule has 33 heavy (non-hydrogen) atoms. The number of carbonyl (C=O) groups excluding carboxylic acids is 2. The van der Waals surface area contributed by atoms with Gasteiger partial charge in [0.1, 0.15) is 0 Å². The van der Waals surface area contributed by atoms with E-state index >= 15 is 0 Å². The fourth-order valence-corrected chi connectivity index (χ4v) is 4.21. The van der Waals surface area contributed by atoms with E-state index in [1.807, 2.05) is 63.6 Å². The minimum absolute atomic E-state index is 0.0913. The first kappa shape index (κ1) is 24.8. The maximum absolute atomic E-state index is 12.8. The van der Waals surface area contributed by atoms with Gasteiger partial charge < -0.3 is 15.2 Å². The first-order valence-electron chi connectivity index (χ1n) is 10.6. The van der Waals surface area contributed by atoms with Crippen molar-refractivity contribution < 1.29 is 9.59 Å². The van der Waals surface area contributed by atoms with E-state index < -0.39 is 0 Å². The number of halogens is 1. The van der Waals surface area contributed by atoms with Gasteiger partial charge in [0.05, 0.1) is 11.8 Å². The van der Waals surface area contributed by atoms with Crippen LogP contribution in [0.25, 0.3) is 0 Å². The molecule has 7 nitrogen and oxygen atoms in total. The van der Waals surface area contributed by atoms with Crippen LogP contribution in [-0.2, 0) is 11.8 Å². The van der Waals surface area contributed by atoms with E-state index in [0.717, 1.165) is 11.1 Å². The lowest BCUT2D eigenvalue weighted by atomic mass is 10.0. The molecule has 2 aromatic carbocycles. The van der Waals surface area contributed by atoms with E-state index in [9.17, 15) is 9.59 Å². The van der Waals surface area contributed by atoms with Crippen LogP contribution in [0.15, 0.2) is 47.6 Å². The molecule has 1 atom stereocenters. The zero-order chi connectivity index (χ0) is 24.1. The summed E-state index contributed by atoms with van der Waals surface area (Å²) in [5.74, 6) is 0.571. The number of carbonyl (C=O) groups is 2. The fraction of sp³-hybridized carbons (Fsp3) is 0.333. The zero-order valence-corrected chi connectivity index (χ0v) is 20.9. The summed E-state index contributed by atoms with van der Waals surface area (Å²) in [5.41, 5.74) is 3.13. The van der Waals surface area contributed by atoms with E-state index in [0.29, 0.717) is 27.3 Å². The van der Waals surface area contributed by atoms with Gasteiger partial charge in [0.15, 0.2) is 11.0 Å². The quantitative estimate of drug-likeness (QED) is 0.441. The van der Waals surface area contributed by atoms with E-state index in [1.165, 1.54) is 11.8 Å². The Bertz CT molecular complexity index is 1160. The number of amides is 2. The van der Waals surface area contributed by atoms with Gasteiger partial charge >= 0.3 is 0 Å². The van der Waals surface area contributed by atoms with Crippen molar-refractivity contribution in [1.82, 2.24) is 20.1 Å². The molecule has 0 spiro atoms. The van der Waals surface area contributed by atoms with Crippen LogP contribution in [0.5, 0.6) is 0 Å². The first-order valence-corrected chi connectivity index (χ1v) is 12.0. The van der Waals surface area contributed by atoms with Gasteiger partial charge in [0.2, 0.25) is 5.91 Å². The smallest absolute Gasteiger partial charge is 0.251 e. The first-order chi connectivity index (χ1) is 15.7. The average molecular weight is 486 g/mol. The number of aromatic nitrogens is 3. The molecule has 0 aliphatic heterocycles. The van der Waals surface area contributed by atoms with Gasteiger partial charge in [-0.05, 0) is 49.6 Å². The molecule has 0 saturated carbocycles. The maximum Gasteiger partial charge on any atom is 0.251 e. The van der Waals surface area contributed by atoms with Crippen molar-refractivity contribution in [1.29, 1.82) is 0 Å². The molecule has 3 rings (SSSR count). The number of hydrogen-bond donors (Lipinski definition) is 2. The Morgan fingerprint density at radius 2 is 1.85 bits per heavy atom. The van der Waals surface area contributed by atoms with Crippen LogP contribution in [0.3, 0.4) is 0 Å². The monoisotopic (exact) mass is 485 g/mol. The molecule has 0 radical (unpaired) electrons. The van der Waals surface area contributed by atoms with Crippen LogP contribution >= 0.6 is 23.4 Å². The highest BCUT2D eigenvalue weighted by atomic mass is 35.5. The molecular formula is C24H28ClN5O2S. The minimum atomic E-state index is -0.326. The summed E-state index contributed by atoms with van der Waals surface area (Å²) in [4.78, 5) is 25.3. The van der Waals surface area contributed by atoms with E-state index in [2.05, 4.69) is 20.8 Å². The number of rotatable bonds is 8. The molecule has 0 aliphatic carbocycles. The number of benzene rings is 2. The van der Waals surface area contributed by atoms with Crippen LogP contribution in [0.1, 0.15) is 47.2 Å². The van der Waals surface area contributed by atoms with Crippen LogP contribution in [0.2, 0.25) is 5.02 Å². The van der Waals surface area contributed by atoms with E-state index in [-0.39, 0.29) is 29.5 Å². The molecule has 0 saturated heterocycles. The van der Waals surface area contributed by atoms with Crippen molar-refractivity contribution in [2.75, 3.05) is 11.1 Å². The molecule has 0 fully saturated rings. The summed E-state index contributed by atoms with van der Waals surface area (Å²) in [6, 6.07) is 12.5. The molecule has 2 N–H and O–H groups in total. The molecule has 2 amide bonds. The fourth-order valence-electron chi connectivity index (χ4n) is 3.32. The molecular weight excluding hydrogens is 458 g/mol. The number of aryl methyl sites for hydroxylation is 1. The van der Waals surface area contributed by atoms with Gasteiger partial charge in [-0.2, -0.15) is 0 Å². The lowest BCUT2D eigenvalue weighted by Gasteiger charge is -2.22. The van der Waals surface area contributed by atoms with Gasteiger partial charge in [-0.25, -0.2) is 0 Å². The number of nitrogens with zero attached hydrogens (tertiary/aromatic N) is 3. The second-order valence-electron chi connectivity index (χ2n) is 8.21. The van der Waals surface area contributed by atoms with E-state index in [1.54, 1.807) is 18.2 Å². The molecule has 1 heterocycles. The lowest BCUT2D eigenvalue weighted by molar-refractivity contribution is -0.113. The number of anilines is 1. The molecule has 0 aliphatic rings. The van der Waals surface area contributed by atoms with Gasteiger partial charge in [-0.1, -0.05) is 61.0 Å². The summed E-state index contributed by atoms with van der Waals surface area (Å²) < 4.78 is 1.82. The summed E-state index contributed by atoms with van der Waals surface area (Å²) in [6.45, 7) is 7.84. The third-order valence-corrected chi connectivity index (χ3v) is 6.68. The Morgan fingerprint density at radius 1 is 1.12 bits per heavy atom.